The molecule has 1 aliphatic carbocycles. The topological polar surface area (TPSA) is 51.7 Å². The van der Waals surface area contributed by atoms with Gasteiger partial charge in [0.2, 0.25) is 0 Å². The summed E-state index contributed by atoms with van der Waals surface area (Å²) in [6.45, 7) is 11.4. The van der Waals surface area contributed by atoms with Crippen molar-refractivity contribution in [3.8, 4) is 0 Å². The molecule has 2 fully saturated rings. The number of rotatable bonds is 4. The molecule has 1 aromatic carbocycles. The number of benzene rings is 1. The molecule has 4 rings (SSSR count). The molecule has 1 spiro atoms. The third-order valence-corrected chi connectivity index (χ3v) is 6.14. The first kappa shape index (κ1) is 19.5. The highest BCUT2D eigenvalue weighted by Crippen LogP contribution is 2.48. The van der Waals surface area contributed by atoms with Crippen LogP contribution in [0.25, 0.3) is 12.4 Å². The standard InChI is InChI=1S/C24H30N4O/c1-4-19-7-6-8-20(15-19)23(29)28-14-13-27(16-24(17-28)10-11-24)22(25-5-2)21-9-12-26-18(21)3/h5-9,12,15,26H,3-4,10-11,13-14,16-17H2,1-2H3/b22-21+,25-5-. The SMILES string of the molecule is C=c1[nH]cc/c1=C(/N=C\C)N1CCN(C(=O)c2cccc(CC)c2)CC2(CC2)C1. The number of hydrogen-bond acceptors (Lipinski definition) is 3. The lowest BCUT2D eigenvalue weighted by atomic mass is 10.0. The van der Waals surface area contributed by atoms with Crippen LogP contribution in [0.2, 0.25) is 0 Å². The van der Waals surface area contributed by atoms with Gasteiger partial charge in [0.25, 0.3) is 5.91 Å². The second-order valence-electron chi connectivity index (χ2n) is 8.28. The van der Waals surface area contributed by atoms with Crippen molar-refractivity contribution in [2.24, 2.45) is 10.4 Å². The van der Waals surface area contributed by atoms with E-state index in [-0.39, 0.29) is 11.3 Å². The van der Waals surface area contributed by atoms with Gasteiger partial charge in [0.1, 0.15) is 5.82 Å². The third-order valence-electron chi connectivity index (χ3n) is 6.14. The van der Waals surface area contributed by atoms with Crippen LogP contribution in [-0.2, 0) is 6.42 Å². The highest BCUT2D eigenvalue weighted by molar-refractivity contribution is 5.94. The molecule has 0 atom stereocenters. The second kappa shape index (κ2) is 7.90. The first-order valence-corrected chi connectivity index (χ1v) is 10.5. The summed E-state index contributed by atoms with van der Waals surface area (Å²) in [5.41, 5.74) is 2.19. The number of carbonyl (C=O) groups is 1. The minimum atomic E-state index is 0.147. The number of H-pyrrole nitrogens is 1. The lowest BCUT2D eigenvalue weighted by Gasteiger charge is -2.25. The highest BCUT2D eigenvalue weighted by Gasteiger charge is 2.48. The van der Waals surface area contributed by atoms with Crippen LogP contribution in [-0.4, -0.2) is 53.1 Å². The van der Waals surface area contributed by atoms with E-state index < -0.39 is 0 Å². The molecule has 1 amide bonds. The molecule has 2 aromatic rings. The van der Waals surface area contributed by atoms with Gasteiger partial charge in [0.15, 0.2) is 0 Å². The maximum atomic E-state index is 13.3. The van der Waals surface area contributed by atoms with Gasteiger partial charge in [-0.1, -0.05) is 25.6 Å². The average molecular weight is 391 g/mol. The molecule has 1 aliphatic heterocycles. The number of aliphatic imine (C=N–C) groups is 1. The first-order valence-electron chi connectivity index (χ1n) is 10.5. The Labute approximate surface area is 172 Å². The number of aromatic nitrogens is 1. The number of nitrogens with zero attached hydrogens (tertiary/aromatic N) is 3. The summed E-state index contributed by atoms with van der Waals surface area (Å²) in [4.78, 5) is 25.5. The number of hydrogen-bond donors (Lipinski definition) is 1. The summed E-state index contributed by atoms with van der Waals surface area (Å²) in [6, 6.07) is 10.1. The van der Waals surface area contributed by atoms with Crippen molar-refractivity contribution >= 4 is 24.5 Å². The Hall–Kier alpha value is -2.82. The maximum Gasteiger partial charge on any atom is 0.253 e. The molecule has 1 N–H and O–H groups in total. The lowest BCUT2D eigenvalue weighted by Crippen LogP contribution is -2.37. The number of amides is 1. The van der Waals surface area contributed by atoms with E-state index in [1.54, 1.807) is 0 Å². The Morgan fingerprint density at radius 3 is 2.66 bits per heavy atom. The molecule has 0 radical (unpaired) electrons. The van der Waals surface area contributed by atoms with Crippen LogP contribution in [0.15, 0.2) is 41.5 Å². The molecule has 29 heavy (non-hydrogen) atoms. The minimum absolute atomic E-state index is 0.147. The van der Waals surface area contributed by atoms with Gasteiger partial charge in [-0.05, 0) is 49.9 Å². The number of carbonyl (C=O) groups excluding carboxylic acids is 1. The number of nitrogens with one attached hydrogen (secondary N) is 1. The predicted octanol–water partition coefficient (Wildman–Crippen LogP) is 2.38. The van der Waals surface area contributed by atoms with E-state index in [0.29, 0.717) is 6.54 Å². The van der Waals surface area contributed by atoms with Crippen molar-refractivity contribution in [2.75, 3.05) is 26.2 Å². The van der Waals surface area contributed by atoms with E-state index in [0.717, 1.165) is 60.8 Å². The van der Waals surface area contributed by atoms with Crippen LogP contribution >= 0.6 is 0 Å². The van der Waals surface area contributed by atoms with Crippen molar-refractivity contribution in [3.63, 3.8) is 0 Å². The quantitative estimate of drug-likeness (QED) is 0.815. The molecule has 1 saturated heterocycles. The third kappa shape index (κ3) is 4.00. The van der Waals surface area contributed by atoms with Crippen molar-refractivity contribution in [2.45, 2.75) is 33.1 Å². The normalized spacial score (nSPS) is 19.5. The second-order valence-corrected chi connectivity index (χ2v) is 8.28. The summed E-state index contributed by atoms with van der Waals surface area (Å²) in [6.07, 6.45) is 7.01. The van der Waals surface area contributed by atoms with Gasteiger partial charge in [0, 0.05) is 60.1 Å². The zero-order valence-electron chi connectivity index (χ0n) is 17.4. The Morgan fingerprint density at radius 1 is 1.24 bits per heavy atom. The molecule has 5 nitrogen and oxygen atoms in total. The molecule has 1 saturated carbocycles. The Bertz CT molecular complexity index is 1030. The van der Waals surface area contributed by atoms with Crippen molar-refractivity contribution in [3.05, 3.63) is 58.2 Å². The number of aromatic amines is 1. The van der Waals surface area contributed by atoms with Crippen molar-refractivity contribution < 1.29 is 4.79 Å². The molecular formula is C24H30N4O. The molecule has 152 valence electrons. The van der Waals surface area contributed by atoms with Gasteiger partial charge in [-0.25, -0.2) is 4.99 Å². The first-order chi connectivity index (χ1) is 14.0. The van der Waals surface area contributed by atoms with Crippen LogP contribution in [0.1, 0.15) is 42.6 Å². The number of aryl methyl sites for hydroxylation is 1. The van der Waals surface area contributed by atoms with Gasteiger partial charge in [-0.2, -0.15) is 0 Å². The fourth-order valence-electron chi connectivity index (χ4n) is 4.27. The van der Waals surface area contributed by atoms with Crippen LogP contribution in [0.5, 0.6) is 0 Å². The van der Waals surface area contributed by atoms with Gasteiger partial charge < -0.3 is 14.8 Å². The van der Waals surface area contributed by atoms with E-state index in [2.05, 4.69) is 34.4 Å². The highest BCUT2D eigenvalue weighted by atomic mass is 16.2. The molecule has 2 aliphatic rings. The van der Waals surface area contributed by atoms with Crippen LogP contribution < -0.4 is 10.6 Å². The van der Waals surface area contributed by atoms with Gasteiger partial charge in [-0.3, -0.25) is 4.79 Å². The summed E-state index contributed by atoms with van der Waals surface area (Å²) in [7, 11) is 0. The van der Waals surface area contributed by atoms with E-state index in [4.69, 9.17) is 4.99 Å². The summed E-state index contributed by atoms with van der Waals surface area (Å²) in [5.74, 6) is 1.10. The lowest BCUT2D eigenvalue weighted by molar-refractivity contribution is 0.0740. The fourth-order valence-corrected chi connectivity index (χ4v) is 4.27. The summed E-state index contributed by atoms with van der Waals surface area (Å²) >= 11 is 0. The molecule has 1 aromatic heterocycles. The Morgan fingerprint density at radius 2 is 2.00 bits per heavy atom. The monoisotopic (exact) mass is 390 g/mol. The van der Waals surface area contributed by atoms with Gasteiger partial charge >= 0.3 is 0 Å². The summed E-state index contributed by atoms with van der Waals surface area (Å²) < 4.78 is 0. The zero-order chi connectivity index (χ0) is 20.4. The molecule has 5 heteroatoms. The molecular weight excluding hydrogens is 360 g/mol. The van der Waals surface area contributed by atoms with E-state index in [1.807, 2.05) is 43.6 Å². The Balaban J connectivity index is 1.63. The van der Waals surface area contributed by atoms with E-state index >= 15 is 0 Å². The van der Waals surface area contributed by atoms with Crippen molar-refractivity contribution in [1.29, 1.82) is 0 Å². The van der Waals surface area contributed by atoms with Gasteiger partial charge in [-0.15, -0.1) is 0 Å². The van der Waals surface area contributed by atoms with Crippen LogP contribution in [0, 0.1) is 5.41 Å². The zero-order valence-corrected chi connectivity index (χ0v) is 17.4. The van der Waals surface area contributed by atoms with E-state index in [9.17, 15) is 4.79 Å². The smallest absolute Gasteiger partial charge is 0.253 e. The fraction of sp³-hybridized carbons (Fsp3) is 0.417. The van der Waals surface area contributed by atoms with Crippen LogP contribution in [0.4, 0.5) is 0 Å². The maximum absolute atomic E-state index is 13.3. The van der Waals surface area contributed by atoms with Crippen molar-refractivity contribution in [1.82, 2.24) is 14.8 Å². The van der Waals surface area contributed by atoms with Crippen LogP contribution in [0.3, 0.4) is 0 Å². The average Bonchev–Trinajstić information content (AvgIpc) is 3.42. The van der Waals surface area contributed by atoms with E-state index in [1.165, 1.54) is 5.56 Å². The van der Waals surface area contributed by atoms with Gasteiger partial charge in [0.05, 0.1) is 0 Å². The molecule has 0 unspecified atom stereocenters. The predicted molar refractivity (Wildman–Crippen MR) is 118 cm³/mol. The molecule has 0 bridgehead atoms. The molecule has 2 heterocycles. The largest absolute Gasteiger partial charge is 0.362 e. The summed E-state index contributed by atoms with van der Waals surface area (Å²) in [5, 5.41) is 1.92. The Kier molecular flexibility index (Phi) is 5.31. The minimum Gasteiger partial charge on any atom is -0.362 e.